The zero-order chi connectivity index (χ0) is 23.5. The second kappa shape index (κ2) is 9.78. The Morgan fingerprint density at radius 3 is 2.67 bits per heavy atom. The lowest BCUT2D eigenvalue weighted by Gasteiger charge is -2.25. The Morgan fingerprint density at radius 2 is 2.00 bits per heavy atom. The highest BCUT2D eigenvalue weighted by molar-refractivity contribution is 6.42. The molecule has 3 aromatic rings. The number of nitrogens with zero attached hydrogens (tertiary/aromatic N) is 4. The first-order chi connectivity index (χ1) is 15.9. The van der Waals surface area contributed by atoms with E-state index in [0.29, 0.717) is 40.3 Å². The second-order valence-electron chi connectivity index (χ2n) is 8.14. The van der Waals surface area contributed by atoms with Gasteiger partial charge in [-0.25, -0.2) is 9.97 Å². The molecule has 1 amide bonds. The number of ether oxygens (including phenoxy) is 1. The molecule has 1 saturated heterocycles. The molecule has 8 heteroatoms. The molecular formula is C25H22Cl2N4O2. The largest absolute Gasteiger partial charge is 0.474 e. The Balaban J connectivity index is 1.61. The summed E-state index contributed by atoms with van der Waals surface area (Å²) < 4.78 is 6.12. The highest BCUT2D eigenvalue weighted by Gasteiger charge is 2.41. The number of hydrogen-bond donors (Lipinski definition) is 0. The summed E-state index contributed by atoms with van der Waals surface area (Å²) >= 11 is 12.4. The number of benzene rings is 1. The standard InChI is InChI=1S/C25H22Cl2N4O2/c1-15-4-3-5-23(30-15)25(32)31-13-19(16(2)33-24-9-6-17(11-28)12-29-24)20(14-31)18-7-8-21(26)22(27)10-18/h3-10,12,16,19-20H,13-14H2,1-2H3/t16-,19+,20+/m0/s1. The molecule has 33 heavy (non-hydrogen) atoms. The maximum atomic E-state index is 13.2. The van der Waals surface area contributed by atoms with Crippen molar-refractivity contribution < 1.29 is 9.53 Å². The molecule has 1 aromatic carbocycles. The van der Waals surface area contributed by atoms with Gasteiger partial charge in [0.1, 0.15) is 17.9 Å². The van der Waals surface area contributed by atoms with E-state index in [-0.39, 0.29) is 23.8 Å². The molecule has 0 bridgehead atoms. The molecule has 0 spiro atoms. The van der Waals surface area contributed by atoms with Crippen LogP contribution >= 0.6 is 23.2 Å². The van der Waals surface area contributed by atoms with Crippen LogP contribution < -0.4 is 4.74 Å². The van der Waals surface area contributed by atoms with Crippen LogP contribution in [0.2, 0.25) is 10.0 Å². The second-order valence-corrected chi connectivity index (χ2v) is 8.95. The quantitative estimate of drug-likeness (QED) is 0.495. The maximum absolute atomic E-state index is 13.2. The van der Waals surface area contributed by atoms with Crippen molar-refractivity contribution in [3.63, 3.8) is 0 Å². The van der Waals surface area contributed by atoms with Crippen LogP contribution in [0.15, 0.2) is 54.7 Å². The Morgan fingerprint density at radius 1 is 1.18 bits per heavy atom. The summed E-state index contributed by atoms with van der Waals surface area (Å²) in [5, 5.41) is 9.94. The van der Waals surface area contributed by atoms with Crippen LogP contribution in [0, 0.1) is 24.2 Å². The summed E-state index contributed by atoms with van der Waals surface area (Å²) in [5.41, 5.74) is 2.67. The number of halogens is 2. The maximum Gasteiger partial charge on any atom is 0.272 e. The summed E-state index contributed by atoms with van der Waals surface area (Å²) in [7, 11) is 0. The van der Waals surface area contributed by atoms with E-state index in [2.05, 4.69) is 9.97 Å². The van der Waals surface area contributed by atoms with Crippen LogP contribution in [0.4, 0.5) is 0 Å². The lowest BCUT2D eigenvalue weighted by atomic mass is 9.86. The van der Waals surface area contributed by atoms with Gasteiger partial charge in [0.05, 0.1) is 15.6 Å². The zero-order valence-electron chi connectivity index (χ0n) is 18.2. The van der Waals surface area contributed by atoms with Crippen molar-refractivity contribution in [1.82, 2.24) is 14.9 Å². The SMILES string of the molecule is Cc1cccc(C(=O)N2C[C@H]([C@H](C)Oc3ccc(C#N)cn3)[C@@H](c3ccc(Cl)c(Cl)c3)C2)n1. The topological polar surface area (TPSA) is 79.1 Å². The minimum absolute atomic E-state index is 0.0121. The molecule has 0 radical (unpaired) electrons. The molecule has 4 rings (SSSR count). The average molecular weight is 481 g/mol. The Bertz CT molecular complexity index is 1210. The van der Waals surface area contributed by atoms with Gasteiger partial charge < -0.3 is 9.64 Å². The predicted octanol–water partition coefficient (Wildman–Crippen LogP) is 5.29. The van der Waals surface area contributed by atoms with Crippen LogP contribution in [0.1, 0.15) is 40.2 Å². The van der Waals surface area contributed by atoms with Crippen molar-refractivity contribution in [2.45, 2.75) is 25.9 Å². The predicted molar refractivity (Wildman–Crippen MR) is 127 cm³/mol. The van der Waals surface area contributed by atoms with Crippen molar-refractivity contribution in [3.8, 4) is 11.9 Å². The molecule has 1 aliphatic rings. The van der Waals surface area contributed by atoms with Crippen molar-refractivity contribution in [1.29, 1.82) is 5.26 Å². The fourth-order valence-electron chi connectivity index (χ4n) is 4.18. The molecule has 0 unspecified atom stereocenters. The van der Waals surface area contributed by atoms with Crippen LogP contribution in [0.3, 0.4) is 0 Å². The third-order valence-electron chi connectivity index (χ3n) is 5.91. The first kappa shape index (κ1) is 23.0. The van der Waals surface area contributed by atoms with Crippen LogP contribution in [0.5, 0.6) is 5.88 Å². The van der Waals surface area contributed by atoms with Crippen molar-refractivity contribution in [2.24, 2.45) is 5.92 Å². The summed E-state index contributed by atoms with van der Waals surface area (Å²) in [6.45, 7) is 4.83. The van der Waals surface area contributed by atoms with Gasteiger partial charge in [-0.2, -0.15) is 5.26 Å². The van der Waals surface area contributed by atoms with Crippen molar-refractivity contribution in [3.05, 3.63) is 87.3 Å². The van der Waals surface area contributed by atoms with Crippen LogP contribution in [0.25, 0.3) is 0 Å². The fraction of sp³-hybridized carbons (Fsp3) is 0.280. The normalized spacial score (nSPS) is 18.6. The van der Waals surface area contributed by atoms with Gasteiger partial charge in [-0.05, 0) is 49.7 Å². The van der Waals surface area contributed by atoms with Gasteiger partial charge in [0, 0.05) is 42.9 Å². The highest BCUT2D eigenvalue weighted by atomic mass is 35.5. The average Bonchev–Trinajstić information content (AvgIpc) is 3.26. The number of carbonyl (C=O) groups excluding carboxylic acids is 1. The van der Waals surface area contributed by atoms with Crippen LogP contribution in [-0.4, -0.2) is 40.0 Å². The summed E-state index contributed by atoms with van der Waals surface area (Å²) in [4.78, 5) is 23.7. The first-order valence-electron chi connectivity index (χ1n) is 10.6. The number of likely N-dealkylation sites (tertiary alicyclic amines) is 1. The third-order valence-corrected chi connectivity index (χ3v) is 6.65. The lowest BCUT2D eigenvalue weighted by molar-refractivity contribution is 0.0763. The molecule has 0 N–H and O–H groups in total. The minimum atomic E-state index is -0.256. The van der Waals surface area contributed by atoms with Gasteiger partial charge in [-0.3, -0.25) is 4.79 Å². The van der Waals surface area contributed by atoms with E-state index in [9.17, 15) is 4.79 Å². The van der Waals surface area contributed by atoms with Gasteiger partial charge in [-0.1, -0.05) is 35.3 Å². The third kappa shape index (κ3) is 5.11. The van der Waals surface area contributed by atoms with E-state index in [1.165, 1.54) is 6.20 Å². The molecule has 2 aromatic heterocycles. The van der Waals surface area contributed by atoms with E-state index in [1.54, 1.807) is 24.3 Å². The van der Waals surface area contributed by atoms with E-state index in [4.69, 9.17) is 33.2 Å². The summed E-state index contributed by atoms with van der Waals surface area (Å²) in [6, 6.07) is 16.4. The monoisotopic (exact) mass is 480 g/mol. The summed E-state index contributed by atoms with van der Waals surface area (Å²) in [6.07, 6.45) is 1.22. The molecular weight excluding hydrogens is 459 g/mol. The molecule has 1 fully saturated rings. The van der Waals surface area contributed by atoms with Gasteiger partial charge in [0.15, 0.2) is 0 Å². The first-order valence-corrected chi connectivity index (χ1v) is 11.3. The number of rotatable bonds is 5. The van der Waals surface area contributed by atoms with E-state index in [0.717, 1.165) is 11.3 Å². The molecule has 0 aliphatic carbocycles. The number of carbonyl (C=O) groups is 1. The lowest BCUT2D eigenvalue weighted by Crippen LogP contribution is -2.32. The van der Waals surface area contributed by atoms with Crippen molar-refractivity contribution in [2.75, 3.05) is 13.1 Å². The van der Waals surface area contributed by atoms with Gasteiger partial charge in [0.25, 0.3) is 5.91 Å². The van der Waals surface area contributed by atoms with Crippen molar-refractivity contribution >= 4 is 29.1 Å². The Hall–Kier alpha value is -3.14. The number of amides is 1. The molecule has 0 saturated carbocycles. The smallest absolute Gasteiger partial charge is 0.272 e. The number of nitriles is 1. The van der Waals surface area contributed by atoms with Gasteiger partial charge >= 0.3 is 0 Å². The number of aromatic nitrogens is 2. The van der Waals surface area contributed by atoms with Gasteiger partial charge in [0.2, 0.25) is 5.88 Å². The Labute approximate surface area is 202 Å². The number of hydrogen-bond acceptors (Lipinski definition) is 5. The Kier molecular flexibility index (Phi) is 6.83. The van der Waals surface area contributed by atoms with Crippen LogP contribution in [-0.2, 0) is 0 Å². The molecule has 3 atom stereocenters. The molecule has 3 heterocycles. The zero-order valence-corrected chi connectivity index (χ0v) is 19.7. The number of aryl methyl sites for hydroxylation is 1. The summed E-state index contributed by atoms with van der Waals surface area (Å²) in [5.74, 6) is 0.282. The van der Waals surface area contributed by atoms with E-state index >= 15 is 0 Å². The van der Waals surface area contributed by atoms with E-state index in [1.807, 2.05) is 49.1 Å². The fourth-order valence-corrected chi connectivity index (χ4v) is 4.49. The molecule has 168 valence electrons. The minimum Gasteiger partial charge on any atom is -0.474 e. The molecule has 1 aliphatic heterocycles. The number of pyridine rings is 2. The van der Waals surface area contributed by atoms with Gasteiger partial charge in [-0.15, -0.1) is 0 Å². The highest BCUT2D eigenvalue weighted by Crippen LogP contribution is 2.38. The van der Waals surface area contributed by atoms with E-state index < -0.39 is 0 Å². The molecule has 6 nitrogen and oxygen atoms in total.